The Labute approximate surface area is 100 Å². The van der Waals surface area contributed by atoms with E-state index in [0.29, 0.717) is 19.0 Å². The third-order valence-corrected chi connectivity index (χ3v) is 3.92. The molecule has 1 heterocycles. The van der Waals surface area contributed by atoms with E-state index in [0.717, 1.165) is 10.7 Å². The van der Waals surface area contributed by atoms with Crippen LogP contribution in [0.5, 0.6) is 0 Å². The molecule has 88 valence electrons. The van der Waals surface area contributed by atoms with Crippen LogP contribution >= 0.6 is 11.3 Å². The maximum absolute atomic E-state index is 11.7. The monoisotopic (exact) mass is 238 g/mol. The fourth-order valence-electron chi connectivity index (χ4n) is 2.10. The smallest absolute Gasteiger partial charge is 0.153 e. The second kappa shape index (κ2) is 5.55. The second-order valence-corrected chi connectivity index (χ2v) is 5.40. The van der Waals surface area contributed by atoms with Gasteiger partial charge in [0.2, 0.25) is 0 Å². The van der Waals surface area contributed by atoms with E-state index in [4.69, 9.17) is 0 Å². The van der Waals surface area contributed by atoms with E-state index in [1.807, 2.05) is 12.3 Å². The molecule has 0 bridgehead atoms. The first-order valence-corrected chi connectivity index (χ1v) is 6.78. The predicted molar refractivity (Wildman–Crippen MR) is 65.8 cm³/mol. The molecule has 0 atom stereocenters. The van der Waals surface area contributed by atoms with Crippen molar-refractivity contribution in [3.8, 4) is 0 Å². The Morgan fingerprint density at radius 2 is 2.31 bits per heavy atom. The van der Waals surface area contributed by atoms with Crippen molar-refractivity contribution in [2.45, 2.75) is 45.1 Å². The summed E-state index contributed by atoms with van der Waals surface area (Å²) in [5.74, 6) is 0.251. The molecule has 1 aliphatic rings. The first kappa shape index (κ1) is 11.7. The predicted octanol–water partition coefficient (Wildman–Crippen LogP) is 2.10. The van der Waals surface area contributed by atoms with Crippen molar-refractivity contribution in [3.05, 3.63) is 16.1 Å². The first-order valence-electron chi connectivity index (χ1n) is 5.90. The van der Waals surface area contributed by atoms with Crippen molar-refractivity contribution < 1.29 is 4.79 Å². The zero-order valence-corrected chi connectivity index (χ0v) is 10.5. The molecule has 0 aromatic carbocycles. The summed E-state index contributed by atoms with van der Waals surface area (Å²) in [7, 11) is 0. The summed E-state index contributed by atoms with van der Waals surface area (Å²) in [6, 6.07) is 0.571. The molecule has 1 fully saturated rings. The summed E-state index contributed by atoms with van der Waals surface area (Å²) in [4.78, 5) is 16.0. The zero-order valence-electron chi connectivity index (χ0n) is 9.66. The van der Waals surface area contributed by atoms with Gasteiger partial charge in [0.1, 0.15) is 5.01 Å². The number of ketones is 1. The molecule has 1 aromatic rings. The highest BCUT2D eigenvalue weighted by Gasteiger charge is 2.15. The summed E-state index contributed by atoms with van der Waals surface area (Å²) in [5.41, 5.74) is 1.01. The molecular weight excluding hydrogens is 220 g/mol. The van der Waals surface area contributed by atoms with Crippen LogP contribution in [0.3, 0.4) is 0 Å². The first-order chi connectivity index (χ1) is 7.74. The van der Waals surface area contributed by atoms with Gasteiger partial charge in [0.25, 0.3) is 0 Å². The highest BCUT2D eigenvalue weighted by Crippen LogP contribution is 2.17. The summed E-state index contributed by atoms with van der Waals surface area (Å²) in [6.07, 6.45) is 5.54. The molecule has 0 aliphatic heterocycles. The molecule has 0 saturated heterocycles. The van der Waals surface area contributed by atoms with Gasteiger partial charge in [0, 0.05) is 17.1 Å². The normalized spacial score (nSPS) is 16.8. The molecule has 0 spiro atoms. The standard InChI is InChI=1S/C12H18N2OS/c1-9-8-16-12(14-9)6-11(15)7-13-10-4-2-3-5-10/h8,10,13H,2-7H2,1H3. The Morgan fingerprint density at radius 1 is 1.56 bits per heavy atom. The molecule has 0 amide bonds. The highest BCUT2D eigenvalue weighted by molar-refractivity contribution is 7.09. The van der Waals surface area contributed by atoms with Crippen LogP contribution in [-0.2, 0) is 11.2 Å². The molecule has 0 unspecified atom stereocenters. The molecule has 0 radical (unpaired) electrons. The van der Waals surface area contributed by atoms with Crippen LogP contribution in [-0.4, -0.2) is 23.4 Å². The van der Waals surface area contributed by atoms with Crippen LogP contribution in [0.15, 0.2) is 5.38 Å². The largest absolute Gasteiger partial charge is 0.307 e. The molecule has 3 nitrogen and oxygen atoms in total. The van der Waals surface area contributed by atoms with Crippen molar-refractivity contribution in [1.29, 1.82) is 0 Å². The minimum Gasteiger partial charge on any atom is -0.307 e. The molecule has 1 saturated carbocycles. The topological polar surface area (TPSA) is 42.0 Å². The van der Waals surface area contributed by atoms with Crippen molar-refractivity contribution >= 4 is 17.1 Å². The van der Waals surface area contributed by atoms with Gasteiger partial charge in [0.05, 0.1) is 13.0 Å². The van der Waals surface area contributed by atoms with Crippen molar-refractivity contribution in [3.63, 3.8) is 0 Å². The minimum atomic E-state index is 0.251. The molecule has 16 heavy (non-hydrogen) atoms. The van der Waals surface area contributed by atoms with Crippen LogP contribution in [0.2, 0.25) is 0 Å². The number of hydrogen-bond acceptors (Lipinski definition) is 4. The lowest BCUT2D eigenvalue weighted by Gasteiger charge is -2.09. The summed E-state index contributed by atoms with van der Waals surface area (Å²) >= 11 is 1.58. The van der Waals surface area contributed by atoms with Crippen LogP contribution in [0.25, 0.3) is 0 Å². The maximum Gasteiger partial charge on any atom is 0.153 e. The molecular formula is C12H18N2OS. The average Bonchev–Trinajstić information content (AvgIpc) is 2.87. The summed E-state index contributed by atoms with van der Waals surface area (Å²) in [6.45, 7) is 2.46. The Morgan fingerprint density at radius 3 is 2.94 bits per heavy atom. The third-order valence-electron chi connectivity index (χ3n) is 2.96. The number of thiazole rings is 1. The number of aryl methyl sites for hydroxylation is 1. The fraction of sp³-hybridized carbons (Fsp3) is 0.667. The van der Waals surface area contributed by atoms with E-state index >= 15 is 0 Å². The number of aromatic nitrogens is 1. The lowest BCUT2D eigenvalue weighted by atomic mass is 10.2. The number of carbonyl (C=O) groups excluding carboxylic acids is 1. The Balaban J connectivity index is 1.71. The molecule has 1 N–H and O–H groups in total. The Hall–Kier alpha value is -0.740. The molecule has 1 aromatic heterocycles. The van der Waals surface area contributed by atoms with Gasteiger partial charge in [-0.3, -0.25) is 4.79 Å². The number of rotatable bonds is 5. The van der Waals surface area contributed by atoms with Gasteiger partial charge >= 0.3 is 0 Å². The van der Waals surface area contributed by atoms with Crippen molar-refractivity contribution in [2.75, 3.05) is 6.54 Å². The van der Waals surface area contributed by atoms with Crippen molar-refractivity contribution in [1.82, 2.24) is 10.3 Å². The van der Waals surface area contributed by atoms with Gasteiger partial charge in [-0.1, -0.05) is 12.8 Å². The molecule has 1 aliphatic carbocycles. The van der Waals surface area contributed by atoms with Crippen molar-refractivity contribution in [2.24, 2.45) is 0 Å². The summed E-state index contributed by atoms with van der Waals surface area (Å²) < 4.78 is 0. The number of nitrogens with one attached hydrogen (secondary N) is 1. The average molecular weight is 238 g/mol. The maximum atomic E-state index is 11.7. The highest BCUT2D eigenvalue weighted by atomic mass is 32.1. The van der Waals surface area contributed by atoms with Crippen LogP contribution < -0.4 is 5.32 Å². The molecule has 4 heteroatoms. The van der Waals surface area contributed by atoms with Gasteiger partial charge in [-0.15, -0.1) is 11.3 Å². The third kappa shape index (κ3) is 3.39. The van der Waals surface area contributed by atoms with Gasteiger partial charge in [0.15, 0.2) is 5.78 Å². The van der Waals surface area contributed by atoms with Crippen LogP contribution in [0.4, 0.5) is 0 Å². The zero-order chi connectivity index (χ0) is 11.4. The number of Topliss-reactive ketones (excluding diaryl/α,β-unsaturated/α-hetero) is 1. The van der Waals surface area contributed by atoms with Crippen LogP contribution in [0.1, 0.15) is 36.4 Å². The fourth-order valence-corrected chi connectivity index (χ4v) is 2.90. The minimum absolute atomic E-state index is 0.251. The second-order valence-electron chi connectivity index (χ2n) is 4.46. The van der Waals surface area contributed by atoms with Gasteiger partial charge in [-0.2, -0.15) is 0 Å². The quantitative estimate of drug-likeness (QED) is 0.854. The summed E-state index contributed by atoms with van der Waals surface area (Å²) in [5, 5.41) is 6.27. The van der Waals surface area contributed by atoms with E-state index < -0.39 is 0 Å². The van der Waals surface area contributed by atoms with E-state index in [2.05, 4.69) is 10.3 Å². The van der Waals surface area contributed by atoms with Crippen LogP contribution in [0, 0.1) is 6.92 Å². The Kier molecular flexibility index (Phi) is 4.07. The van der Waals surface area contributed by atoms with E-state index in [-0.39, 0.29) is 5.78 Å². The lowest BCUT2D eigenvalue weighted by Crippen LogP contribution is -2.32. The van der Waals surface area contributed by atoms with Gasteiger partial charge < -0.3 is 5.32 Å². The SMILES string of the molecule is Cc1csc(CC(=O)CNC2CCCC2)n1. The number of carbonyl (C=O) groups is 1. The van der Waals surface area contributed by atoms with Gasteiger partial charge in [-0.25, -0.2) is 4.98 Å². The number of nitrogens with zero attached hydrogens (tertiary/aromatic N) is 1. The van der Waals surface area contributed by atoms with E-state index in [9.17, 15) is 4.79 Å². The molecule has 2 rings (SSSR count). The Bertz CT molecular complexity index is 356. The van der Waals surface area contributed by atoms with E-state index in [1.54, 1.807) is 11.3 Å². The lowest BCUT2D eigenvalue weighted by molar-refractivity contribution is -0.117. The van der Waals surface area contributed by atoms with E-state index in [1.165, 1.54) is 25.7 Å². The number of hydrogen-bond donors (Lipinski definition) is 1. The van der Waals surface area contributed by atoms with Gasteiger partial charge in [-0.05, 0) is 19.8 Å².